The van der Waals surface area contributed by atoms with Gasteiger partial charge in [-0.1, -0.05) is 66.8 Å². The van der Waals surface area contributed by atoms with Crippen LogP contribution < -0.4 is 5.43 Å². The maximum atomic E-state index is 4.53. The lowest BCUT2D eigenvalue weighted by atomic mass is 9.90. The molecule has 1 aromatic carbocycles. The molecule has 22 heavy (non-hydrogen) atoms. The second-order valence-electron chi connectivity index (χ2n) is 6.55. The van der Waals surface area contributed by atoms with Gasteiger partial charge in [0.15, 0.2) is 0 Å². The number of nitrogens with one attached hydrogen (secondary N) is 1. The van der Waals surface area contributed by atoms with Crippen molar-refractivity contribution in [2.24, 2.45) is 5.10 Å². The minimum absolute atomic E-state index is 0.400. The summed E-state index contributed by atoms with van der Waals surface area (Å²) in [6.45, 7) is 4.42. The van der Waals surface area contributed by atoms with Gasteiger partial charge in [-0.05, 0) is 37.8 Å². The maximum Gasteiger partial charge on any atom is 0.0543 e. The third-order valence-electron chi connectivity index (χ3n) is 5.02. The van der Waals surface area contributed by atoms with Crippen LogP contribution in [0.25, 0.3) is 0 Å². The zero-order chi connectivity index (χ0) is 15.4. The summed E-state index contributed by atoms with van der Waals surface area (Å²) in [5.74, 6) is 0.400. The predicted molar refractivity (Wildman–Crippen MR) is 94.3 cm³/mol. The van der Waals surface area contributed by atoms with Crippen LogP contribution in [0.15, 0.2) is 52.7 Å². The van der Waals surface area contributed by atoms with E-state index >= 15 is 0 Å². The number of hydrazone groups is 1. The molecule has 1 N–H and O–H groups in total. The summed E-state index contributed by atoms with van der Waals surface area (Å²) in [4.78, 5) is 0. The summed E-state index contributed by atoms with van der Waals surface area (Å²) in [6, 6.07) is 9.16. The standard InChI is InChI=1S/C20H26N2/c1-15-12-13-19(16(15)2)20-11-7-6-8-17(20)14-21-22-18-9-4-3-5-10-18/h6-8,11-14,18-19,22H,3-5,9-10H2,1-2H3. The summed E-state index contributed by atoms with van der Waals surface area (Å²) >= 11 is 0. The Hall–Kier alpha value is -1.83. The fourth-order valence-corrected chi connectivity index (χ4v) is 3.45. The van der Waals surface area contributed by atoms with Crippen LogP contribution >= 0.6 is 0 Å². The Balaban J connectivity index is 1.73. The molecule has 0 aromatic heterocycles. The van der Waals surface area contributed by atoms with Crippen molar-refractivity contribution in [3.63, 3.8) is 0 Å². The number of hydrogen-bond donors (Lipinski definition) is 1. The van der Waals surface area contributed by atoms with E-state index in [1.807, 2.05) is 6.21 Å². The highest BCUT2D eigenvalue weighted by Gasteiger charge is 2.18. The molecule has 0 amide bonds. The highest BCUT2D eigenvalue weighted by Crippen LogP contribution is 2.34. The van der Waals surface area contributed by atoms with E-state index in [-0.39, 0.29) is 0 Å². The van der Waals surface area contributed by atoms with E-state index in [0.717, 1.165) is 0 Å². The molecule has 1 fully saturated rings. The molecule has 2 nitrogen and oxygen atoms in total. The molecule has 0 aliphatic heterocycles. The molecular formula is C20H26N2. The smallest absolute Gasteiger partial charge is 0.0543 e. The quantitative estimate of drug-likeness (QED) is 0.618. The molecule has 0 saturated heterocycles. The highest BCUT2D eigenvalue weighted by atomic mass is 15.3. The average Bonchev–Trinajstić information content (AvgIpc) is 2.88. The molecule has 0 heterocycles. The van der Waals surface area contributed by atoms with Crippen molar-refractivity contribution >= 4 is 6.21 Å². The highest BCUT2D eigenvalue weighted by molar-refractivity contribution is 5.82. The van der Waals surface area contributed by atoms with Gasteiger partial charge < -0.3 is 5.43 Å². The van der Waals surface area contributed by atoms with Gasteiger partial charge in [0.25, 0.3) is 0 Å². The van der Waals surface area contributed by atoms with Crippen molar-refractivity contribution in [1.82, 2.24) is 5.43 Å². The SMILES string of the molecule is CC1=C(C)C(c2ccccc2C=NNC2CCCCC2)C=C1. The van der Waals surface area contributed by atoms with Crippen LogP contribution in [0, 0.1) is 0 Å². The van der Waals surface area contributed by atoms with Crippen molar-refractivity contribution in [3.8, 4) is 0 Å². The first-order chi connectivity index (χ1) is 10.8. The van der Waals surface area contributed by atoms with Gasteiger partial charge in [0.1, 0.15) is 0 Å². The average molecular weight is 294 g/mol. The van der Waals surface area contributed by atoms with Gasteiger partial charge in [-0.2, -0.15) is 5.10 Å². The first-order valence-electron chi connectivity index (χ1n) is 8.49. The lowest BCUT2D eigenvalue weighted by Gasteiger charge is -2.21. The van der Waals surface area contributed by atoms with Crippen molar-refractivity contribution in [2.45, 2.75) is 57.9 Å². The molecule has 2 aliphatic carbocycles. The molecule has 3 rings (SSSR count). The summed E-state index contributed by atoms with van der Waals surface area (Å²) in [5, 5.41) is 4.53. The minimum Gasteiger partial charge on any atom is -0.307 e. The Morgan fingerprint density at radius 1 is 1.09 bits per heavy atom. The number of allylic oxidation sites excluding steroid dienone is 4. The first kappa shape index (κ1) is 15.1. The molecule has 2 aliphatic rings. The Labute approximate surface area is 134 Å². The van der Waals surface area contributed by atoms with E-state index in [0.29, 0.717) is 12.0 Å². The van der Waals surface area contributed by atoms with Crippen LogP contribution in [-0.2, 0) is 0 Å². The second kappa shape index (κ2) is 6.95. The zero-order valence-corrected chi connectivity index (χ0v) is 13.7. The van der Waals surface area contributed by atoms with Gasteiger partial charge >= 0.3 is 0 Å². The molecule has 1 saturated carbocycles. The van der Waals surface area contributed by atoms with E-state index in [1.165, 1.54) is 54.4 Å². The first-order valence-corrected chi connectivity index (χ1v) is 8.49. The van der Waals surface area contributed by atoms with Gasteiger partial charge in [0, 0.05) is 12.0 Å². The van der Waals surface area contributed by atoms with Gasteiger partial charge in [0.2, 0.25) is 0 Å². The van der Waals surface area contributed by atoms with Crippen LogP contribution in [-0.4, -0.2) is 12.3 Å². The van der Waals surface area contributed by atoms with Crippen LogP contribution in [0.4, 0.5) is 0 Å². The minimum atomic E-state index is 0.400. The van der Waals surface area contributed by atoms with Crippen molar-refractivity contribution in [2.75, 3.05) is 0 Å². The predicted octanol–water partition coefficient (Wildman–Crippen LogP) is 4.93. The number of nitrogens with zero attached hydrogens (tertiary/aromatic N) is 1. The zero-order valence-electron chi connectivity index (χ0n) is 13.7. The van der Waals surface area contributed by atoms with E-state index in [1.54, 1.807) is 0 Å². The van der Waals surface area contributed by atoms with E-state index in [2.05, 4.69) is 60.8 Å². The van der Waals surface area contributed by atoms with E-state index < -0.39 is 0 Å². The summed E-state index contributed by atoms with van der Waals surface area (Å²) in [5.41, 5.74) is 8.75. The number of rotatable bonds is 4. The molecule has 1 atom stereocenters. The van der Waals surface area contributed by atoms with Crippen molar-refractivity contribution in [3.05, 3.63) is 58.7 Å². The topological polar surface area (TPSA) is 24.4 Å². The Bertz CT molecular complexity index is 604. The van der Waals surface area contributed by atoms with Crippen molar-refractivity contribution < 1.29 is 0 Å². The lowest BCUT2D eigenvalue weighted by molar-refractivity contribution is 0.381. The molecule has 0 bridgehead atoms. The number of benzene rings is 1. The molecule has 1 unspecified atom stereocenters. The summed E-state index contributed by atoms with van der Waals surface area (Å²) in [6.07, 6.45) is 13.1. The van der Waals surface area contributed by atoms with Gasteiger partial charge in [-0.15, -0.1) is 0 Å². The molecular weight excluding hydrogens is 268 g/mol. The van der Waals surface area contributed by atoms with Crippen molar-refractivity contribution in [1.29, 1.82) is 0 Å². The van der Waals surface area contributed by atoms with Gasteiger partial charge in [-0.25, -0.2) is 0 Å². The fraction of sp³-hybridized carbons (Fsp3) is 0.450. The Kier molecular flexibility index (Phi) is 4.77. The molecule has 0 radical (unpaired) electrons. The van der Waals surface area contributed by atoms with E-state index in [9.17, 15) is 0 Å². The van der Waals surface area contributed by atoms with Crippen LogP contribution in [0.1, 0.15) is 63.0 Å². The monoisotopic (exact) mass is 294 g/mol. The second-order valence-corrected chi connectivity index (χ2v) is 6.55. The molecule has 2 heteroatoms. The van der Waals surface area contributed by atoms with Crippen LogP contribution in [0.3, 0.4) is 0 Å². The molecule has 0 spiro atoms. The van der Waals surface area contributed by atoms with E-state index in [4.69, 9.17) is 0 Å². The lowest BCUT2D eigenvalue weighted by Crippen LogP contribution is -2.26. The van der Waals surface area contributed by atoms with Crippen LogP contribution in [0.5, 0.6) is 0 Å². The largest absolute Gasteiger partial charge is 0.307 e. The normalized spacial score (nSPS) is 22.7. The third kappa shape index (κ3) is 3.32. The molecule has 116 valence electrons. The fourth-order valence-electron chi connectivity index (χ4n) is 3.45. The van der Waals surface area contributed by atoms with Crippen LogP contribution in [0.2, 0.25) is 0 Å². The molecule has 1 aromatic rings. The third-order valence-corrected chi connectivity index (χ3v) is 5.02. The summed E-state index contributed by atoms with van der Waals surface area (Å²) < 4.78 is 0. The maximum absolute atomic E-state index is 4.53. The number of hydrogen-bond acceptors (Lipinski definition) is 2. The van der Waals surface area contributed by atoms with Gasteiger partial charge in [-0.3, -0.25) is 0 Å². The summed E-state index contributed by atoms with van der Waals surface area (Å²) in [7, 11) is 0. The Morgan fingerprint density at radius 3 is 2.59 bits per heavy atom. The van der Waals surface area contributed by atoms with Gasteiger partial charge in [0.05, 0.1) is 6.21 Å². The Morgan fingerprint density at radius 2 is 1.86 bits per heavy atom.